The fourth-order valence-electron chi connectivity index (χ4n) is 1.76. The van der Waals surface area contributed by atoms with Crippen molar-refractivity contribution in [3.05, 3.63) is 24.3 Å². The van der Waals surface area contributed by atoms with Crippen LogP contribution in [0.4, 0.5) is 0 Å². The first kappa shape index (κ1) is 13.1. The van der Waals surface area contributed by atoms with Gasteiger partial charge in [-0.05, 0) is 24.3 Å². The van der Waals surface area contributed by atoms with Crippen molar-refractivity contribution in [1.29, 1.82) is 0 Å². The molecule has 0 saturated carbocycles. The molecule has 3 N–H and O–H groups in total. The van der Waals surface area contributed by atoms with Crippen LogP contribution in [-0.4, -0.2) is 47.2 Å². The molecule has 1 saturated heterocycles. The SMILES string of the molecule is COC1OC(Oc2ccc(O)cc2)C(O)CC1O. The molecule has 1 aromatic rings. The van der Waals surface area contributed by atoms with E-state index in [0.29, 0.717) is 5.75 Å². The van der Waals surface area contributed by atoms with Crippen LogP contribution in [0.15, 0.2) is 24.3 Å². The highest BCUT2D eigenvalue weighted by atomic mass is 16.8. The zero-order valence-corrected chi connectivity index (χ0v) is 9.89. The smallest absolute Gasteiger partial charge is 0.228 e. The summed E-state index contributed by atoms with van der Waals surface area (Å²) in [5, 5.41) is 28.5. The molecule has 100 valence electrons. The number of ether oxygens (including phenoxy) is 3. The van der Waals surface area contributed by atoms with Crippen LogP contribution in [0.5, 0.6) is 11.5 Å². The fourth-order valence-corrected chi connectivity index (χ4v) is 1.76. The number of benzene rings is 1. The lowest BCUT2D eigenvalue weighted by molar-refractivity contribution is -0.299. The van der Waals surface area contributed by atoms with Crippen molar-refractivity contribution >= 4 is 0 Å². The Bertz CT molecular complexity index is 379. The third-order valence-corrected chi connectivity index (χ3v) is 2.70. The van der Waals surface area contributed by atoms with E-state index in [-0.39, 0.29) is 12.2 Å². The zero-order chi connectivity index (χ0) is 13.1. The van der Waals surface area contributed by atoms with Gasteiger partial charge in [0.25, 0.3) is 0 Å². The van der Waals surface area contributed by atoms with Gasteiger partial charge in [-0.2, -0.15) is 0 Å². The molecule has 2 rings (SSSR count). The Kier molecular flexibility index (Phi) is 4.03. The number of aliphatic hydroxyl groups excluding tert-OH is 2. The molecule has 18 heavy (non-hydrogen) atoms. The predicted octanol–water partition coefficient (Wildman–Crippen LogP) is 0.212. The lowest BCUT2D eigenvalue weighted by atomic mass is 10.1. The summed E-state index contributed by atoms with van der Waals surface area (Å²) in [5.74, 6) is 0.570. The third-order valence-electron chi connectivity index (χ3n) is 2.70. The summed E-state index contributed by atoms with van der Waals surface area (Å²) in [6, 6.07) is 6.04. The van der Waals surface area contributed by atoms with Gasteiger partial charge in [0, 0.05) is 13.5 Å². The standard InChI is InChI=1S/C12H16O6/c1-16-11-9(14)6-10(15)12(18-11)17-8-4-2-7(13)3-5-8/h2-5,9-15H,6H2,1H3. The minimum Gasteiger partial charge on any atom is -0.508 e. The molecule has 0 spiro atoms. The van der Waals surface area contributed by atoms with Gasteiger partial charge in [-0.1, -0.05) is 0 Å². The van der Waals surface area contributed by atoms with Crippen LogP contribution in [0.1, 0.15) is 6.42 Å². The van der Waals surface area contributed by atoms with Crippen molar-refractivity contribution in [2.24, 2.45) is 0 Å². The van der Waals surface area contributed by atoms with Gasteiger partial charge in [-0.15, -0.1) is 0 Å². The summed E-state index contributed by atoms with van der Waals surface area (Å²) < 4.78 is 15.7. The molecule has 1 aromatic carbocycles. The molecule has 1 fully saturated rings. The lowest BCUT2D eigenvalue weighted by Gasteiger charge is -2.35. The number of aliphatic hydroxyl groups is 2. The Balaban J connectivity index is 2.01. The number of hydrogen-bond donors (Lipinski definition) is 3. The number of methoxy groups -OCH3 is 1. The second kappa shape index (κ2) is 5.53. The van der Waals surface area contributed by atoms with Crippen molar-refractivity contribution < 1.29 is 29.5 Å². The Morgan fingerprint density at radius 1 is 1.11 bits per heavy atom. The predicted molar refractivity (Wildman–Crippen MR) is 61.0 cm³/mol. The van der Waals surface area contributed by atoms with E-state index in [9.17, 15) is 10.2 Å². The van der Waals surface area contributed by atoms with Crippen molar-refractivity contribution in [1.82, 2.24) is 0 Å². The number of phenols is 1. The maximum atomic E-state index is 9.75. The number of phenolic OH excluding ortho intramolecular Hbond substituents is 1. The minimum atomic E-state index is -0.944. The van der Waals surface area contributed by atoms with Gasteiger partial charge < -0.3 is 29.5 Å². The Hall–Kier alpha value is -1.34. The van der Waals surface area contributed by atoms with E-state index in [1.165, 1.54) is 19.2 Å². The normalized spacial score (nSPS) is 32.2. The molecule has 6 heteroatoms. The maximum Gasteiger partial charge on any atom is 0.228 e. The number of hydrogen-bond acceptors (Lipinski definition) is 6. The summed E-state index contributed by atoms with van der Waals surface area (Å²) in [4.78, 5) is 0. The summed E-state index contributed by atoms with van der Waals surface area (Å²) in [7, 11) is 1.41. The second-order valence-electron chi connectivity index (χ2n) is 4.09. The summed E-state index contributed by atoms with van der Waals surface area (Å²) in [6.07, 6.45) is -3.45. The molecule has 0 radical (unpaired) electrons. The van der Waals surface area contributed by atoms with Crippen molar-refractivity contribution in [3.8, 4) is 11.5 Å². The molecule has 0 aliphatic carbocycles. The molecule has 0 bridgehead atoms. The molecule has 1 aliphatic rings. The van der Waals surface area contributed by atoms with E-state index in [4.69, 9.17) is 19.3 Å². The topological polar surface area (TPSA) is 88.4 Å². The number of rotatable bonds is 3. The Morgan fingerprint density at radius 3 is 2.33 bits per heavy atom. The molecular formula is C12H16O6. The molecule has 1 aliphatic heterocycles. The first-order valence-electron chi connectivity index (χ1n) is 5.60. The van der Waals surface area contributed by atoms with Gasteiger partial charge in [-0.25, -0.2) is 0 Å². The van der Waals surface area contributed by atoms with Crippen molar-refractivity contribution in [2.75, 3.05) is 7.11 Å². The first-order valence-corrected chi connectivity index (χ1v) is 5.60. The first-order chi connectivity index (χ1) is 8.60. The van der Waals surface area contributed by atoms with Gasteiger partial charge >= 0.3 is 0 Å². The molecule has 6 nitrogen and oxygen atoms in total. The highest BCUT2D eigenvalue weighted by molar-refractivity contribution is 5.30. The van der Waals surface area contributed by atoms with Gasteiger partial charge in [0.05, 0.1) is 0 Å². The van der Waals surface area contributed by atoms with E-state index in [1.54, 1.807) is 12.1 Å². The van der Waals surface area contributed by atoms with E-state index in [2.05, 4.69) is 0 Å². The van der Waals surface area contributed by atoms with Crippen LogP contribution in [0.2, 0.25) is 0 Å². The van der Waals surface area contributed by atoms with Crippen LogP contribution in [0.3, 0.4) is 0 Å². The fraction of sp³-hybridized carbons (Fsp3) is 0.500. The monoisotopic (exact) mass is 256 g/mol. The van der Waals surface area contributed by atoms with Crippen LogP contribution < -0.4 is 4.74 Å². The Morgan fingerprint density at radius 2 is 1.72 bits per heavy atom. The van der Waals surface area contributed by atoms with Crippen LogP contribution >= 0.6 is 0 Å². The molecule has 0 amide bonds. The highest BCUT2D eigenvalue weighted by Gasteiger charge is 2.37. The largest absolute Gasteiger partial charge is 0.508 e. The van der Waals surface area contributed by atoms with E-state index < -0.39 is 24.8 Å². The molecule has 1 heterocycles. The third kappa shape index (κ3) is 2.91. The maximum absolute atomic E-state index is 9.75. The van der Waals surface area contributed by atoms with Crippen LogP contribution in [0.25, 0.3) is 0 Å². The molecular weight excluding hydrogens is 240 g/mol. The second-order valence-corrected chi connectivity index (χ2v) is 4.09. The molecule has 4 atom stereocenters. The molecule has 0 aromatic heterocycles. The summed E-state index contributed by atoms with van der Waals surface area (Å²) >= 11 is 0. The van der Waals surface area contributed by atoms with E-state index in [0.717, 1.165) is 0 Å². The van der Waals surface area contributed by atoms with Gasteiger partial charge in [0.1, 0.15) is 23.7 Å². The highest BCUT2D eigenvalue weighted by Crippen LogP contribution is 2.25. The van der Waals surface area contributed by atoms with E-state index >= 15 is 0 Å². The van der Waals surface area contributed by atoms with Gasteiger partial charge in [0.2, 0.25) is 6.29 Å². The average Bonchev–Trinajstić information content (AvgIpc) is 2.35. The Labute approximate surface area is 104 Å². The molecule has 4 unspecified atom stereocenters. The van der Waals surface area contributed by atoms with Gasteiger partial charge in [0.15, 0.2) is 6.29 Å². The average molecular weight is 256 g/mol. The van der Waals surface area contributed by atoms with Crippen LogP contribution in [-0.2, 0) is 9.47 Å². The van der Waals surface area contributed by atoms with Crippen molar-refractivity contribution in [2.45, 2.75) is 31.2 Å². The van der Waals surface area contributed by atoms with Gasteiger partial charge in [-0.3, -0.25) is 0 Å². The number of aromatic hydroxyl groups is 1. The quantitative estimate of drug-likeness (QED) is 0.716. The zero-order valence-electron chi connectivity index (χ0n) is 9.89. The van der Waals surface area contributed by atoms with Crippen LogP contribution in [0, 0.1) is 0 Å². The minimum absolute atomic E-state index is 0.112. The lowest BCUT2D eigenvalue weighted by Crippen LogP contribution is -2.50. The van der Waals surface area contributed by atoms with Crippen molar-refractivity contribution in [3.63, 3.8) is 0 Å². The van der Waals surface area contributed by atoms with E-state index in [1.807, 2.05) is 0 Å². The summed E-state index contributed by atoms with van der Waals surface area (Å²) in [6.45, 7) is 0. The summed E-state index contributed by atoms with van der Waals surface area (Å²) in [5.41, 5.74) is 0.